The van der Waals surface area contributed by atoms with Gasteiger partial charge in [0.25, 0.3) is 0 Å². The topological polar surface area (TPSA) is 64.3 Å². The summed E-state index contributed by atoms with van der Waals surface area (Å²) >= 11 is 0. The lowest BCUT2D eigenvalue weighted by atomic mass is 9.91. The Morgan fingerprint density at radius 2 is 2.12 bits per heavy atom. The number of carbonyl (C=O) groups excluding carboxylic acids is 1. The molecule has 4 heteroatoms. The van der Waals surface area contributed by atoms with Crippen molar-refractivity contribution in [3.05, 3.63) is 0 Å². The predicted molar refractivity (Wildman–Crippen MR) is 64.0 cm³/mol. The van der Waals surface area contributed by atoms with Gasteiger partial charge in [-0.05, 0) is 26.2 Å². The minimum Gasteiger partial charge on any atom is -0.378 e. The maximum absolute atomic E-state index is 12.1. The molecular weight excluding hydrogens is 204 g/mol. The first-order valence-corrected chi connectivity index (χ1v) is 6.22. The van der Waals surface area contributed by atoms with Crippen LogP contribution in [0.1, 0.15) is 40.0 Å². The Hall–Kier alpha value is -0.610. The third-order valence-corrected chi connectivity index (χ3v) is 3.85. The van der Waals surface area contributed by atoms with E-state index >= 15 is 0 Å². The Morgan fingerprint density at radius 1 is 1.50 bits per heavy atom. The molecule has 3 N–H and O–H groups in total. The standard InChI is InChI=1S/C12H24N2O2/c1-4-12(5-2,8-13)14-11(15)10-6-7-16-9(10)3/h9-10H,4-8,13H2,1-3H3,(H,14,15). The lowest BCUT2D eigenvalue weighted by Crippen LogP contribution is -2.55. The third-order valence-electron chi connectivity index (χ3n) is 3.85. The highest BCUT2D eigenvalue weighted by Crippen LogP contribution is 2.22. The van der Waals surface area contributed by atoms with Crippen LogP contribution in [0.25, 0.3) is 0 Å². The highest BCUT2D eigenvalue weighted by molar-refractivity contribution is 5.80. The van der Waals surface area contributed by atoms with E-state index in [1.807, 2.05) is 6.92 Å². The first-order valence-electron chi connectivity index (χ1n) is 6.22. The number of ether oxygens (including phenoxy) is 1. The summed E-state index contributed by atoms with van der Waals surface area (Å²) in [6.45, 7) is 7.26. The fourth-order valence-corrected chi connectivity index (χ4v) is 2.20. The molecule has 0 aromatic rings. The van der Waals surface area contributed by atoms with Crippen LogP contribution in [0.4, 0.5) is 0 Å². The number of hydrogen-bond donors (Lipinski definition) is 2. The second-order valence-corrected chi connectivity index (χ2v) is 4.65. The average Bonchev–Trinajstić information content (AvgIpc) is 2.72. The Labute approximate surface area is 97.9 Å². The summed E-state index contributed by atoms with van der Waals surface area (Å²) in [5.41, 5.74) is 5.53. The minimum atomic E-state index is -0.237. The van der Waals surface area contributed by atoms with Crippen molar-refractivity contribution in [1.82, 2.24) is 5.32 Å². The predicted octanol–water partition coefficient (Wildman–Crippen LogP) is 1.05. The van der Waals surface area contributed by atoms with E-state index in [4.69, 9.17) is 10.5 Å². The number of hydrogen-bond acceptors (Lipinski definition) is 3. The van der Waals surface area contributed by atoms with Crippen molar-refractivity contribution in [3.63, 3.8) is 0 Å². The molecule has 4 nitrogen and oxygen atoms in total. The molecule has 1 amide bonds. The van der Waals surface area contributed by atoms with Gasteiger partial charge in [0.1, 0.15) is 0 Å². The summed E-state index contributed by atoms with van der Waals surface area (Å²) in [7, 11) is 0. The van der Waals surface area contributed by atoms with Gasteiger partial charge >= 0.3 is 0 Å². The number of nitrogens with one attached hydrogen (secondary N) is 1. The van der Waals surface area contributed by atoms with E-state index in [9.17, 15) is 4.79 Å². The van der Waals surface area contributed by atoms with Gasteiger partial charge in [-0.15, -0.1) is 0 Å². The average molecular weight is 228 g/mol. The molecule has 16 heavy (non-hydrogen) atoms. The summed E-state index contributed by atoms with van der Waals surface area (Å²) in [5, 5.41) is 3.11. The Morgan fingerprint density at radius 3 is 2.50 bits per heavy atom. The molecule has 1 aliphatic heterocycles. The van der Waals surface area contributed by atoms with Gasteiger partial charge in [0, 0.05) is 13.2 Å². The zero-order chi connectivity index (χ0) is 12.2. The van der Waals surface area contributed by atoms with Crippen molar-refractivity contribution in [3.8, 4) is 0 Å². The molecule has 0 aromatic heterocycles. The molecule has 0 aromatic carbocycles. The van der Waals surface area contributed by atoms with Gasteiger partial charge in [0.05, 0.1) is 17.6 Å². The first-order chi connectivity index (χ1) is 7.58. The lowest BCUT2D eigenvalue weighted by Gasteiger charge is -2.33. The number of amides is 1. The highest BCUT2D eigenvalue weighted by Gasteiger charge is 2.35. The quantitative estimate of drug-likeness (QED) is 0.739. The zero-order valence-corrected chi connectivity index (χ0v) is 10.6. The van der Waals surface area contributed by atoms with Crippen LogP contribution in [0, 0.1) is 5.92 Å². The Balaban J connectivity index is 2.61. The molecule has 0 spiro atoms. The summed E-state index contributed by atoms with van der Waals surface area (Å²) in [6, 6.07) is 0. The van der Waals surface area contributed by atoms with Gasteiger partial charge in [0.15, 0.2) is 0 Å². The van der Waals surface area contributed by atoms with E-state index in [0.717, 1.165) is 19.3 Å². The summed E-state index contributed by atoms with van der Waals surface area (Å²) in [4.78, 5) is 12.1. The Bertz CT molecular complexity index is 231. The van der Waals surface area contributed by atoms with Gasteiger partial charge in [-0.2, -0.15) is 0 Å². The third kappa shape index (κ3) is 2.74. The van der Waals surface area contributed by atoms with E-state index in [1.165, 1.54) is 0 Å². The van der Waals surface area contributed by atoms with E-state index in [2.05, 4.69) is 19.2 Å². The van der Waals surface area contributed by atoms with Gasteiger partial charge in [0.2, 0.25) is 5.91 Å². The van der Waals surface area contributed by atoms with Crippen LogP contribution < -0.4 is 11.1 Å². The van der Waals surface area contributed by atoms with Crippen molar-refractivity contribution in [1.29, 1.82) is 0 Å². The maximum atomic E-state index is 12.1. The second-order valence-electron chi connectivity index (χ2n) is 4.65. The first kappa shape index (κ1) is 13.5. The monoisotopic (exact) mass is 228 g/mol. The molecule has 94 valence electrons. The summed E-state index contributed by atoms with van der Waals surface area (Å²) < 4.78 is 5.41. The number of rotatable bonds is 5. The molecule has 0 saturated carbocycles. The lowest BCUT2D eigenvalue weighted by molar-refractivity contribution is -0.128. The molecule has 1 saturated heterocycles. The van der Waals surface area contributed by atoms with Gasteiger partial charge in [-0.1, -0.05) is 13.8 Å². The maximum Gasteiger partial charge on any atom is 0.226 e. The SMILES string of the molecule is CCC(CC)(CN)NC(=O)C1CCOC1C. The molecule has 2 atom stereocenters. The minimum absolute atomic E-state index is 0.0102. The van der Waals surface area contributed by atoms with Crippen molar-refractivity contribution in [2.75, 3.05) is 13.2 Å². The molecular formula is C12H24N2O2. The fourth-order valence-electron chi connectivity index (χ4n) is 2.20. The van der Waals surface area contributed by atoms with Gasteiger partial charge < -0.3 is 15.8 Å². The summed E-state index contributed by atoms with van der Waals surface area (Å²) in [6.07, 6.45) is 2.59. The summed E-state index contributed by atoms with van der Waals surface area (Å²) in [5.74, 6) is 0.0863. The van der Waals surface area contributed by atoms with Crippen molar-refractivity contribution in [2.24, 2.45) is 11.7 Å². The van der Waals surface area contributed by atoms with E-state index in [0.29, 0.717) is 13.2 Å². The Kier molecular flexibility index (Phi) is 4.74. The van der Waals surface area contributed by atoms with Gasteiger partial charge in [-0.25, -0.2) is 0 Å². The van der Waals surface area contributed by atoms with Crippen molar-refractivity contribution >= 4 is 5.91 Å². The van der Waals surface area contributed by atoms with Crippen molar-refractivity contribution in [2.45, 2.75) is 51.7 Å². The molecule has 1 heterocycles. The molecule has 1 fully saturated rings. The van der Waals surface area contributed by atoms with Crippen LogP contribution in [0.2, 0.25) is 0 Å². The number of carbonyl (C=O) groups is 1. The van der Waals surface area contributed by atoms with Crippen LogP contribution in [0.3, 0.4) is 0 Å². The molecule has 2 unspecified atom stereocenters. The smallest absolute Gasteiger partial charge is 0.226 e. The fraction of sp³-hybridized carbons (Fsp3) is 0.917. The van der Waals surface area contributed by atoms with Crippen LogP contribution in [0.15, 0.2) is 0 Å². The van der Waals surface area contributed by atoms with E-state index in [1.54, 1.807) is 0 Å². The van der Waals surface area contributed by atoms with Crippen LogP contribution in [-0.4, -0.2) is 30.7 Å². The highest BCUT2D eigenvalue weighted by atomic mass is 16.5. The van der Waals surface area contributed by atoms with Crippen molar-refractivity contribution < 1.29 is 9.53 Å². The van der Waals surface area contributed by atoms with Crippen LogP contribution in [-0.2, 0) is 9.53 Å². The van der Waals surface area contributed by atoms with Crippen LogP contribution in [0.5, 0.6) is 0 Å². The second kappa shape index (κ2) is 5.64. The number of nitrogens with two attached hydrogens (primary N) is 1. The van der Waals surface area contributed by atoms with E-state index < -0.39 is 0 Å². The molecule has 0 bridgehead atoms. The molecule has 1 rings (SSSR count). The molecule has 1 aliphatic rings. The van der Waals surface area contributed by atoms with Gasteiger partial charge in [-0.3, -0.25) is 4.79 Å². The molecule has 0 aliphatic carbocycles. The zero-order valence-electron chi connectivity index (χ0n) is 10.6. The van der Waals surface area contributed by atoms with E-state index in [-0.39, 0.29) is 23.5 Å². The normalized spacial score (nSPS) is 25.8. The van der Waals surface area contributed by atoms with Crippen LogP contribution >= 0.6 is 0 Å². The largest absolute Gasteiger partial charge is 0.378 e. The molecule has 0 radical (unpaired) electrons.